The van der Waals surface area contributed by atoms with Gasteiger partial charge in [-0.15, -0.1) is 10.2 Å². The topological polar surface area (TPSA) is 111 Å². The summed E-state index contributed by atoms with van der Waals surface area (Å²) in [5.41, 5.74) is 2.99. The maximum atomic E-state index is 12.1. The number of nitrogens with two attached hydrogens (primary N) is 1. The molecule has 0 bridgehead atoms. The number of hydrogen-bond donors (Lipinski definition) is 2. The largest absolute Gasteiger partial charge is 0.481 e. The maximum absolute atomic E-state index is 12.1. The molecule has 0 aliphatic heterocycles. The van der Waals surface area contributed by atoms with E-state index in [1.165, 1.54) is 22.9 Å². The molecule has 0 aliphatic carbocycles. The molecule has 23 heavy (non-hydrogen) atoms. The fraction of sp³-hybridized carbons (Fsp3) is 0.333. The lowest BCUT2D eigenvalue weighted by Crippen LogP contribution is -2.33. The predicted molar refractivity (Wildman–Crippen MR) is 87.9 cm³/mol. The van der Waals surface area contributed by atoms with Crippen LogP contribution in [-0.2, 0) is 17.0 Å². The van der Waals surface area contributed by atoms with E-state index in [0.717, 1.165) is 10.2 Å². The molecule has 7 nitrogen and oxygen atoms in total. The van der Waals surface area contributed by atoms with E-state index in [9.17, 15) is 9.59 Å². The molecule has 0 spiro atoms. The SMILES string of the molecule is Cc1cc(C)cc(CSc2nnc(CCC(=O)O)c(=O)n2N)c1. The van der Waals surface area contributed by atoms with Gasteiger partial charge in [0.1, 0.15) is 5.69 Å². The van der Waals surface area contributed by atoms with Gasteiger partial charge in [0.25, 0.3) is 5.56 Å². The molecule has 1 aromatic carbocycles. The molecule has 1 heterocycles. The predicted octanol–water partition coefficient (Wildman–Crippen LogP) is 1.28. The van der Waals surface area contributed by atoms with Crippen molar-refractivity contribution in [3.8, 4) is 0 Å². The highest BCUT2D eigenvalue weighted by atomic mass is 32.2. The normalized spacial score (nSPS) is 10.7. The summed E-state index contributed by atoms with van der Waals surface area (Å²) in [7, 11) is 0. The van der Waals surface area contributed by atoms with E-state index in [1.807, 2.05) is 13.8 Å². The number of benzene rings is 1. The van der Waals surface area contributed by atoms with Crippen LogP contribution < -0.4 is 11.4 Å². The van der Waals surface area contributed by atoms with Crippen LogP contribution in [-0.4, -0.2) is 25.9 Å². The Hall–Kier alpha value is -2.35. The van der Waals surface area contributed by atoms with Crippen LogP contribution in [0.5, 0.6) is 0 Å². The molecule has 0 unspecified atom stereocenters. The molecule has 0 amide bonds. The molecule has 3 N–H and O–H groups in total. The number of aryl methyl sites for hydroxylation is 3. The second kappa shape index (κ2) is 7.28. The van der Waals surface area contributed by atoms with Crippen molar-refractivity contribution < 1.29 is 9.90 Å². The zero-order chi connectivity index (χ0) is 17.0. The first-order valence-corrected chi connectivity index (χ1v) is 8.01. The van der Waals surface area contributed by atoms with E-state index in [-0.39, 0.29) is 18.5 Å². The van der Waals surface area contributed by atoms with Crippen molar-refractivity contribution in [2.24, 2.45) is 0 Å². The van der Waals surface area contributed by atoms with Crippen LogP contribution >= 0.6 is 11.8 Å². The zero-order valence-electron chi connectivity index (χ0n) is 12.9. The van der Waals surface area contributed by atoms with Crippen molar-refractivity contribution in [3.05, 3.63) is 50.9 Å². The lowest BCUT2D eigenvalue weighted by Gasteiger charge is -2.08. The summed E-state index contributed by atoms with van der Waals surface area (Å²) in [6, 6.07) is 6.21. The first-order valence-electron chi connectivity index (χ1n) is 7.02. The molecule has 2 rings (SSSR count). The number of nitrogen functional groups attached to an aromatic ring is 1. The van der Waals surface area contributed by atoms with Crippen molar-refractivity contribution >= 4 is 17.7 Å². The standard InChI is InChI=1S/C15H18N4O3S/c1-9-5-10(2)7-11(6-9)8-23-15-18-17-12(3-4-13(20)21)14(22)19(15)16/h5-7H,3-4,8,16H2,1-2H3,(H,20,21). The highest BCUT2D eigenvalue weighted by Gasteiger charge is 2.12. The van der Waals surface area contributed by atoms with E-state index in [2.05, 4.69) is 28.4 Å². The number of aromatic nitrogens is 3. The fourth-order valence-corrected chi connectivity index (χ4v) is 2.98. The first kappa shape index (κ1) is 17.0. The molecule has 0 saturated carbocycles. The Labute approximate surface area is 137 Å². The Balaban J connectivity index is 2.13. The number of rotatable bonds is 6. The van der Waals surface area contributed by atoms with E-state index in [0.29, 0.717) is 10.9 Å². The lowest BCUT2D eigenvalue weighted by molar-refractivity contribution is -0.136. The maximum Gasteiger partial charge on any atom is 0.303 e. The molecular formula is C15H18N4O3S. The summed E-state index contributed by atoms with van der Waals surface area (Å²) >= 11 is 1.31. The van der Waals surface area contributed by atoms with Crippen molar-refractivity contribution in [2.75, 3.05) is 5.84 Å². The van der Waals surface area contributed by atoms with Gasteiger partial charge in [-0.25, -0.2) is 0 Å². The Morgan fingerprint density at radius 1 is 1.26 bits per heavy atom. The highest BCUT2D eigenvalue weighted by molar-refractivity contribution is 7.98. The quantitative estimate of drug-likeness (QED) is 0.604. The smallest absolute Gasteiger partial charge is 0.303 e. The average Bonchev–Trinajstić information content (AvgIpc) is 2.46. The Kier molecular flexibility index (Phi) is 5.38. The summed E-state index contributed by atoms with van der Waals surface area (Å²) in [5, 5.41) is 16.7. The van der Waals surface area contributed by atoms with E-state index >= 15 is 0 Å². The molecule has 8 heteroatoms. The van der Waals surface area contributed by atoms with Crippen LogP contribution in [0.25, 0.3) is 0 Å². The van der Waals surface area contributed by atoms with Crippen LogP contribution in [0.3, 0.4) is 0 Å². The average molecular weight is 334 g/mol. The third-order valence-electron chi connectivity index (χ3n) is 3.15. The minimum Gasteiger partial charge on any atom is -0.481 e. The van der Waals surface area contributed by atoms with Gasteiger partial charge in [0.05, 0.1) is 6.42 Å². The number of carboxylic acid groups (broad SMARTS) is 1. The van der Waals surface area contributed by atoms with Crippen LogP contribution in [0.4, 0.5) is 0 Å². The zero-order valence-corrected chi connectivity index (χ0v) is 13.8. The molecule has 2 aromatic rings. The molecule has 0 atom stereocenters. The Morgan fingerprint density at radius 3 is 2.52 bits per heavy atom. The summed E-state index contributed by atoms with van der Waals surface area (Å²) in [5.74, 6) is 5.36. The molecular weight excluding hydrogens is 316 g/mol. The van der Waals surface area contributed by atoms with Crippen LogP contribution in [0.15, 0.2) is 28.2 Å². The molecule has 122 valence electrons. The van der Waals surface area contributed by atoms with E-state index in [4.69, 9.17) is 10.9 Å². The second-order valence-corrected chi connectivity index (χ2v) is 6.23. The van der Waals surface area contributed by atoms with Gasteiger partial charge in [-0.1, -0.05) is 41.1 Å². The van der Waals surface area contributed by atoms with Crippen LogP contribution in [0.1, 0.15) is 28.8 Å². The first-order chi connectivity index (χ1) is 10.9. The van der Waals surface area contributed by atoms with E-state index in [1.54, 1.807) is 0 Å². The van der Waals surface area contributed by atoms with Crippen molar-refractivity contribution in [3.63, 3.8) is 0 Å². The molecule has 0 aliphatic rings. The fourth-order valence-electron chi connectivity index (χ4n) is 2.20. The number of nitrogens with zero attached hydrogens (tertiary/aromatic N) is 3. The highest BCUT2D eigenvalue weighted by Crippen LogP contribution is 2.20. The summed E-state index contributed by atoms with van der Waals surface area (Å²) in [6.45, 7) is 4.05. The number of thioether (sulfide) groups is 1. The van der Waals surface area contributed by atoms with Gasteiger partial charge in [-0.2, -0.15) is 4.68 Å². The van der Waals surface area contributed by atoms with Crippen molar-refractivity contribution in [1.29, 1.82) is 0 Å². The van der Waals surface area contributed by atoms with Gasteiger partial charge in [0, 0.05) is 12.2 Å². The minimum atomic E-state index is -0.997. The number of carbonyl (C=O) groups is 1. The third-order valence-corrected chi connectivity index (χ3v) is 4.17. The monoisotopic (exact) mass is 334 g/mol. The molecule has 0 saturated heterocycles. The number of aliphatic carboxylic acids is 1. The number of carboxylic acids is 1. The van der Waals surface area contributed by atoms with Gasteiger partial charge < -0.3 is 10.9 Å². The van der Waals surface area contributed by atoms with Crippen LogP contribution in [0, 0.1) is 13.8 Å². The van der Waals surface area contributed by atoms with Gasteiger partial charge in [-0.05, 0) is 19.4 Å². The Morgan fingerprint density at radius 2 is 1.91 bits per heavy atom. The molecule has 0 radical (unpaired) electrons. The second-order valence-electron chi connectivity index (χ2n) is 5.28. The third kappa shape index (κ3) is 4.56. The van der Waals surface area contributed by atoms with Gasteiger partial charge in [0.2, 0.25) is 5.16 Å². The molecule has 0 fully saturated rings. The minimum absolute atomic E-state index is 0.0143. The van der Waals surface area contributed by atoms with Crippen molar-refractivity contribution in [2.45, 2.75) is 37.6 Å². The van der Waals surface area contributed by atoms with Crippen LogP contribution in [0.2, 0.25) is 0 Å². The van der Waals surface area contributed by atoms with Crippen molar-refractivity contribution in [1.82, 2.24) is 14.9 Å². The van der Waals surface area contributed by atoms with Gasteiger partial charge >= 0.3 is 5.97 Å². The molecule has 1 aromatic heterocycles. The Bertz CT molecular complexity index is 769. The number of hydrogen-bond acceptors (Lipinski definition) is 6. The lowest BCUT2D eigenvalue weighted by atomic mass is 10.1. The van der Waals surface area contributed by atoms with Gasteiger partial charge in [-0.3, -0.25) is 9.59 Å². The van der Waals surface area contributed by atoms with Gasteiger partial charge in [0.15, 0.2) is 0 Å². The summed E-state index contributed by atoms with van der Waals surface area (Å²) < 4.78 is 0.928. The summed E-state index contributed by atoms with van der Waals surface area (Å²) in [4.78, 5) is 22.6. The van der Waals surface area contributed by atoms with E-state index < -0.39 is 11.5 Å². The summed E-state index contributed by atoms with van der Waals surface area (Å²) in [6.07, 6.45) is -0.167.